The van der Waals surface area contributed by atoms with Gasteiger partial charge in [-0.2, -0.15) is 0 Å². The minimum atomic E-state index is -0.473. The fourth-order valence-electron chi connectivity index (χ4n) is 1.82. The number of hydrogen-bond donors (Lipinski definition) is 2. The number of anilines is 1. The van der Waals surface area contributed by atoms with E-state index in [0.717, 1.165) is 21.8 Å². The average Bonchev–Trinajstić information content (AvgIpc) is 2.38. The molecule has 0 amide bonds. The van der Waals surface area contributed by atoms with Crippen LogP contribution in [-0.4, -0.2) is 5.11 Å². The summed E-state index contributed by atoms with van der Waals surface area (Å²) >= 11 is 5.84. The van der Waals surface area contributed by atoms with Crippen LogP contribution < -0.4 is 5.32 Å². The van der Waals surface area contributed by atoms with Crippen LogP contribution in [0.5, 0.6) is 0 Å². The van der Waals surface area contributed by atoms with Crippen molar-refractivity contribution in [3.05, 3.63) is 64.7 Å². The maximum absolute atomic E-state index is 9.68. The Bertz CT molecular complexity index is 508. The summed E-state index contributed by atoms with van der Waals surface area (Å²) < 4.78 is 0. The molecule has 18 heavy (non-hydrogen) atoms. The van der Waals surface area contributed by atoms with Gasteiger partial charge < -0.3 is 10.4 Å². The van der Waals surface area contributed by atoms with Crippen molar-refractivity contribution < 1.29 is 5.11 Å². The molecule has 2 N–H and O–H groups in total. The average molecular weight is 262 g/mol. The van der Waals surface area contributed by atoms with Crippen molar-refractivity contribution in [1.29, 1.82) is 0 Å². The normalized spacial score (nSPS) is 12.2. The quantitative estimate of drug-likeness (QED) is 0.872. The second-order valence-corrected chi connectivity index (χ2v) is 4.68. The van der Waals surface area contributed by atoms with E-state index in [-0.39, 0.29) is 0 Å². The number of halogens is 1. The van der Waals surface area contributed by atoms with Gasteiger partial charge in [-0.3, -0.25) is 0 Å². The van der Waals surface area contributed by atoms with Gasteiger partial charge in [0.15, 0.2) is 0 Å². The first-order chi connectivity index (χ1) is 8.66. The lowest BCUT2D eigenvalue weighted by molar-refractivity contribution is 0.200. The molecule has 2 aromatic carbocycles. The molecule has 0 fully saturated rings. The highest BCUT2D eigenvalue weighted by molar-refractivity contribution is 6.30. The molecule has 0 saturated heterocycles. The van der Waals surface area contributed by atoms with E-state index in [9.17, 15) is 5.11 Å². The Labute approximate surface area is 112 Å². The number of hydrogen-bond acceptors (Lipinski definition) is 2. The van der Waals surface area contributed by atoms with E-state index in [4.69, 9.17) is 11.6 Å². The molecule has 2 rings (SSSR count). The first kappa shape index (κ1) is 12.9. The molecule has 94 valence electrons. The smallest absolute Gasteiger partial charge is 0.0781 e. The fourth-order valence-corrected chi connectivity index (χ4v) is 1.95. The summed E-state index contributed by atoms with van der Waals surface area (Å²) in [7, 11) is 0. The van der Waals surface area contributed by atoms with Crippen molar-refractivity contribution in [2.24, 2.45) is 0 Å². The maximum Gasteiger partial charge on any atom is 0.0781 e. The van der Waals surface area contributed by atoms with Crippen LogP contribution in [0.15, 0.2) is 48.5 Å². The first-order valence-corrected chi connectivity index (χ1v) is 6.30. The van der Waals surface area contributed by atoms with Gasteiger partial charge in [0.2, 0.25) is 0 Å². The molecule has 0 aromatic heterocycles. The molecule has 0 heterocycles. The third-order valence-corrected chi connectivity index (χ3v) is 3.06. The van der Waals surface area contributed by atoms with Crippen LogP contribution in [0.4, 0.5) is 5.69 Å². The van der Waals surface area contributed by atoms with Gasteiger partial charge in [-0.05, 0) is 30.7 Å². The lowest BCUT2D eigenvalue weighted by Gasteiger charge is -2.13. The highest BCUT2D eigenvalue weighted by atomic mass is 35.5. The summed E-state index contributed by atoms with van der Waals surface area (Å²) in [6.07, 6.45) is -0.473. The van der Waals surface area contributed by atoms with Crippen molar-refractivity contribution >= 4 is 17.3 Å². The summed E-state index contributed by atoms with van der Waals surface area (Å²) in [5, 5.41) is 13.7. The SMILES string of the molecule is CC(O)c1ccccc1NCc1ccc(Cl)cc1. The minimum absolute atomic E-state index is 0.473. The van der Waals surface area contributed by atoms with E-state index in [2.05, 4.69) is 5.32 Å². The van der Waals surface area contributed by atoms with Crippen LogP contribution in [0, 0.1) is 0 Å². The summed E-state index contributed by atoms with van der Waals surface area (Å²) in [6, 6.07) is 15.5. The Morgan fingerprint density at radius 1 is 1.11 bits per heavy atom. The van der Waals surface area contributed by atoms with Crippen LogP contribution >= 0.6 is 11.6 Å². The molecule has 0 bridgehead atoms. The molecular weight excluding hydrogens is 246 g/mol. The van der Waals surface area contributed by atoms with Gasteiger partial charge in [0.25, 0.3) is 0 Å². The van der Waals surface area contributed by atoms with Crippen LogP contribution in [-0.2, 0) is 6.54 Å². The second-order valence-electron chi connectivity index (χ2n) is 4.24. The largest absolute Gasteiger partial charge is 0.389 e. The van der Waals surface area contributed by atoms with E-state index in [1.807, 2.05) is 48.5 Å². The van der Waals surface area contributed by atoms with Gasteiger partial charge in [0.1, 0.15) is 0 Å². The van der Waals surface area contributed by atoms with Gasteiger partial charge in [-0.1, -0.05) is 41.9 Å². The molecule has 0 aliphatic carbocycles. The van der Waals surface area contributed by atoms with Crippen molar-refractivity contribution in [1.82, 2.24) is 0 Å². The zero-order valence-electron chi connectivity index (χ0n) is 10.2. The van der Waals surface area contributed by atoms with Gasteiger partial charge in [0.05, 0.1) is 6.10 Å². The number of aliphatic hydroxyl groups is 1. The summed E-state index contributed by atoms with van der Waals surface area (Å²) in [5.41, 5.74) is 3.02. The molecule has 3 heteroatoms. The van der Waals surface area contributed by atoms with Crippen molar-refractivity contribution in [2.45, 2.75) is 19.6 Å². The standard InChI is InChI=1S/C15H16ClNO/c1-11(18)14-4-2-3-5-15(14)17-10-12-6-8-13(16)9-7-12/h2-9,11,17-18H,10H2,1H3. The predicted molar refractivity (Wildman–Crippen MR) is 75.9 cm³/mol. The van der Waals surface area contributed by atoms with Gasteiger partial charge in [0, 0.05) is 22.8 Å². The first-order valence-electron chi connectivity index (χ1n) is 5.92. The molecule has 0 spiro atoms. The molecule has 0 aliphatic rings. The van der Waals surface area contributed by atoms with Crippen molar-refractivity contribution in [3.8, 4) is 0 Å². The summed E-state index contributed by atoms with van der Waals surface area (Å²) in [5.74, 6) is 0. The van der Waals surface area contributed by atoms with Gasteiger partial charge in [-0.15, -0.1) is 0 Å². The molecule has 0 saturated carbocycles. The Hall–Kier alpha value is -1.51. The van der Waals surface area contributed by atoms with E-state index in [0.29, 0.717) is 6.54 Å². The molecule has 2 nitrogen and oxygen atoms in total. The molecular formula is C15H16ClNO. The topological polar surface area (TPSA) is 32.3 Å². The van der Waals surface area contributed by atoms with E-state index in [1.54, 1.807) is 6.92 Å². The maximum atomic E-state index is 9.68. The number of aliphatic hydroxyl groups excluding tert-OH is 1. The van der Waals surface area contributed by atoms with Crippen LogP contribution in [0.3, 0.4) is 0 Å². The zero-order valence-corrected chi connectivity index (χ0v) is 11.0. The Morgan fingerprint density at radius 3 is 2.44 bits per heavy atom. The predicted octanol–water partition coefficient (Wildman–Crippen LogP) is 4.01. The van der Waals surface area contributed by atoms with E-state index < -0.39 is 6.10 Å². The van der Waals surface area contributed by atoms with E-state index >= 15 is 0 Å². The molecule has 1 unspecified atom stereocenters. The highest BCUT2D eigenvalue weighted by Gasteiger charge is 2.06. The Kier molecular flexibility index (Phi) is 4.24. The summed E-state index contributed by atoms with van der Waals surface area (Å²) in [6.45, 7) is 2.48. The number of rotatable bonds is 4. The zero-order chi connectivity index (χ0) is 13.0. The summed E-state index contributed by atoms with van der Waals surface area (Å²) in [4.78, 5) is 0. The fraction of sp³-hybridized carbons (Fsp3) is 0.200. The highest BCUT2D eigenvalue weighted by Crippen LogP contribution is 2.22. The van der Waals surface area contributed by atoms with Gasteiger partial charge in [-0.25, -0.2) is 0 Å². The molecule has 2 aromatic rings. The van der Waals surface area contributed by atoms with Crippen molar-refractivity contribution in [3.63, 3.8) is 0 Å². The van der Waals surface area contributed by atoms with Crippen LogP contribution in [0.1, 0.15) is 24.2 Å². The third-order valence-electron chi connectivity index (χ3n) is 2.81. The third kappa shape index (κ3) is 3.25. The Morgan fingerprint density at radius 2 is 1.78 bits per heavy atom. The molecule has 0 radical (unpaired) electrons. The monoisotopic (exact) mass is 261 g/mol. The minimum Gasteiger partial charge on any atom is -0.389 e. The number of nitrogens with one attached hydrogen (secondary N) is 1. The lowest BCUT2D eigenvalue weighted by atomic mass is 10.1. The lowest BCUT2D eigenvalue weighted by Crippen LogP contribution is -2.04. The second kappa shape index (κ2) is 5.89. The number of para-hydroxylation sites is 1. The van der Waals surface area contributed by atoms with Gasteiger partial charge >= 0.3 is 0 Å². The van der Waals surface area contributed by atoms with E-state index in [1.165, 1.54) is 0 Å². The van der Waals surface area contributed by atoms with Crippen molar-refractivity contribution in [2.75, 3.05) is 5.32 Å². The number of benzene rings is 2. The van der Waals surface area contributed by atoms with Crippen LogP contribution in [0.25, 0.3) is 0 Å². The molecule has 1 atom stereocenters. The van der Waals surface area contributed by atoms with Crippen LogP contribution in [0.2, 0.25) is 5.02 Å². The Balaban J connectivity index is 2.08. The molecule has 0 aliphatic heterocycles.